The van der Waals surface area contributed by atoms with Gasteiger partial charge in [-0.3, -0.25) is 9.59 Å². The molecule has 130 valence electrons. The second kappa shape index (κ2) is 7.37. The summed E-state index contributed by atoms with van der Waals surface area (Å²) in [4.78, 5) is 33.8. The summed E-state index contributed by atoms with van der Waals surface area (Å²) in [6.07, 6.45) is 2.09. The van der Waals surface area contributed by atoms with Crippen molar-refractivity contribution in [1.82, 2.24) is 20.2 Å². The summed E-state index contributed by atoms with van der Waals surface area (Å²) in [6, 6.07) is 6.78. The Hall–Kier alpha value is -2.18. The molecule has 8 heteroatoms. The third-order valence-corrected chi connectivity index (χ3v) is 4.72. The first kappa shape index (κ1) is 17.6. The molecule has 6 nitrogen and oxygen atoms in total. The molecule has 1 aliphatic heterocycles. The number of amides is 2. The van der Waals surface area contributed by atoms with Crippen molar-refractivity contribution < 1.29 is 9.59 Å². The van der Waals surface area contributed by atoms with Crippen LogP contribution < -0.4 is 5.32 Å². The molecule has 1 fully saturated rings. The molecule has 1 aromatic heterocycles. The molecule has 0 unspecified atom stereocenters. The Morgan fingerprint density at radius 2 is 2.00 bits per heavy atom. The van der Waals surface area contributed by atoms with Crippen LogP contribution in [0.25, 0.3) is 11.3 Å². The highest BCUT2D eigenvalue weighted by molar-refractivity contribution is 6.42. The molecule has 0 spiro atoms. The van der Waals surface area contributed by atoms with Crippen molar-refractivity contribution >= 4 is 35.0 Å². The number of nitrogens with one attached hydrogen (secondary N) is 1. The van der Waals surface area contributed by atoms with Crippen LogP contribution in [0.4, 0.5) is 0 Å². The summed E-state index contributed by atoms with van der Waals surface area (Å²) >= 11 is 12.0. The number of benzene rings is 1. The van der Waals surface area contributed by atoms with E-state index in [0.717, 1.165) is 12.0 Å². The number of aromatic nitrogens is 2. The first-order valence-electron chi connectivity index (χ1n) is 7.78. The van der Waals surface area contributed by atoms with Gasteiger partial charge in [0.25, 0.3) is 5.91 Å². The Kier molecular flexibility index (Phi) is 5.20. The lowest BCUT2D eigenvalue weighted by atomic mass is 10.1. The second-order valence-electron chi connectivity index (χ2n) is 5.85. The van der Waals surface area contributed by atoms with Gasteiger partial charge in [0.1, 0.15) is 12.0 Å². The number of nitrogens with zero attached hydrogens (tertiary/aromatic N) is 3. The van der Waals surface area contributed by atoms with E-state index in [9.17, 15) is 9.59 Å². The molecule has 1 aliphatic rings. The van der Waals surface area contributed by atoms with Crippen LogP contribution >= 0.6 is 23.2 Å². The van der Waals surface area contributed by atoms with Crippen molar-refractivity contribution in [3.05, 3.63) is 46.3 Å². The van der Waals surface area contributed by atoms with Crippen LogP contribution in [0, 0.1) is 0 Å². The fourth-order valence-corrected chi connectivity index (χ4v) is 3.10. The topological polar surface area (TPSA) is 75.2 Å². The van der Waals surface area contributed by atoms with Gasteiger partial charge >= 0.3 is 0 Å². The highest BCUT2D eigenvalue weighted by atomic mass is 35.5. The standard InChI is InChI=1S/C17H16Cl2N4O2/c1-10(24)22-12-4-5-23(8-12)17(25)16-7-15(20-9-21-16)11-2-3-13(18)14(19)6-11/h2-3,6-7,9,12H,4-5,8H2,1H3,(H,22,24)/t12-/m0/s1. The summed E-state index contributed by atoms with van der Waals surface area (Å²) in [7, 11) is 0. The van der Waals surface area contributed by atoms with Gasteiger partial charge in [-0.25, -0.2) is 9.97 Å². The number of carbonyl (C=O) groups excluding carboxylic acids is 2. The lowest BCUT2D eigenvalue weighted by Gasteiger charge is -2.16. The zero-order chi connectivity index (χ0) is 18.0. The quantitative estimate of drug-likeness (QED) is 0.890. The summed E-state index contributed by atoms with van der Waals surface area (Å²) in [6.45, 7) is 2.53. The normalized spacial score (nSPS) is 16.8. The van der Waals surface area contributed by atoms with Crippen LogP contribution in [0.5, 0.6) is 0 Å². The number of hydrogen-bond acceptors (Lipinski definition) is 4. The monoisotopic (exact) mass is 378 g/mol. The Balaban J connectivity index is 1.78. The Bertz CT molecular complexity index is 828. The van der Waals surface area contributed by atoms with Gasteiger partial charge < -0.3 is 10.2 Å². The van der Waals surface area contributed by atoms with E-state index >= 15 is 0 Å². The Morgan fingerprint density at radius 3 is 2.72 bits per heavy atom. The summed E-state index contributed by atoms with van der Waals surface area (Å²) in [5.41, 5.74) is 1.65. The molecule has 1 saturated heterocycles. The van der Waals surface area contributed by atoms with E-state index in [1.165, 1.54) is 13.3 Å². The van der Waals surface area contributed by atoms with Crippen LogP contribution in [-0.4, -0.2) is 45.8 Å². The van der Waals surface area contributed by atoms with Crippen LogP contribution in [0.1, 0.15) is 23.8 Å². The van der Waals surface area contributed by atoms with Gasteiger partial charge in [0.15, 0.2) is 0 Å². The van der Waals surface area contributed by atoms with Gasteiger partial charge in [-0.15, -0.1) is 0 Å². The van der Waals surface area contributed by atoms with E-state index in [0.29, 0.717) is 34.5 Å². The zero-order valence-corrected chi connectivity index (χ0v) is 15.0. The van der Waals surface area contributed by atoms with Crippen LogP contribution in [0.3, 0.4) is 0 Å². The molecule has 1 N–H and O–H groups in total. The predicted molar refractivity (Wildman–Crippen MR) is 95.6 cm³/mol. The average Bonchev–Trinajstić information content (AvgIpc) is 3.04. The molecule has 3 rings (SSSR count). The summed E-state index contributed by atoms with van der Waals surface area (Å²) in [5.74, 6) is -0.278. The lowest BCUT2D eigenvalue weighted by Crippen LogP contribution is -2.37. The van der Waals surface area contributed by atoms with Gasteiger partial charge in [-0.2, -0.15) is 0 Å². The highest BCUT2D eigenvalue weighted by Gasteiger charge is 2.28. The number of hydrogen-bond donors (Lipinski definition) is 1. The first-order chi connectivity index (χ1) is 11.9. The number of rotatable bonds is 3. The fourth-order valence-electron chi connectivity index (χ4n) is 2.80. The molecule has 1 aromatic carbocycles. The maximum Gasteiger partial charge on any atom is 0.272 e. The largest absolute Gasteiger partial charge is 0.352 e. The van der Waals surface area contributed by atoms with Gasteiger partial charge in [0, 0.05) is 31.6 Å². The number of likely N-dealkylation sites (tertiary alicyclic amines) is 1. The molecule has 0 saturated carbocycles. The molecule has 1 atom stereocenters. The zero-order valence-electron chi connectivity index (χ0n) is 13.5. The van der Waals surface area contributed by atoms with Crippen molar-refractivity contribution in [3.8, 4) is 11.3 Å². The minimum absolute atomic E-state index is 0.0159. The van der Waals surface area contributed by atoms with E-state index in [-0.39, 0.29) is 17.9 Å². The van der Waals surface area contributed by atoms with Crippen molar-refractivity contribution in [2.45, 2.75) is 19.4 Å². The van der Waals surface area contributed by atoms with E-state index < -0.39 is 0 Å². The molecule has 0 bridgehead atoms. The van der Waals surface area contributed by atoms with Crippen LogP contribution in [0.15, 0.2) is 30.6 Å². The lowest BCUT2D eigenvalue weighted by molar-refractivity contribution is -0.119. The van der Waals surface area contributed by atoms with E-state index in [1.807, 2.05) is 0 Å². The van der Waals surface area contributed by atoms with Crippen LogP contribution in [0.2, 0.25) is 10.0 Å². The maximum atomic E-state index is 12.7. The maximum absolute atomic E-state index is 12.7. The molecule has 0 aliphatic carbocycles. The smallest absolute Gasteiger partial charge is 0.272 e. The third-order valence-electron chi connectivity index (χ3n) is 3.98. The number of halogens is 2. The van der Waals surface area contributed by atoms with E-state index in [1.54, 1.807) is 29.2 Å². The Morgan fingerprint density at radius 1 is 1.20 bits per heavy atom. The van der Waals surface area contributed by atoms with Crippen molar-refractivity contribution in [2.24, 2.45) is 0 Å². The minimum atomic E-state index is -0.184. The van der Waals surface area contributed by atoms with Crippen molar-refractivity contribution in [3.63, 3.8) is 0 Å². The van der Waals surface area contributed by atoms with Crippen molar-refractivity contribution in [1.29, 1.82) is 0 Å². The highest BCUT2D eigenvalue weighted by Crippen LogP contribution is 2.27. The molecule has 0 radical (unpaired) electrons. The summed E-state index contributed by atoms with van der Waals surface area (Å²) in [5, 5.41) is 3.71. The van der Waals surface area contributed by atoms with Gasteiger partial charge in [-0.1, -0.05) is 29.3 Å². The van der Waals surface area contributed by atoms with Gasteiger partial charge in [0.05, 0.1) is 15.7 Å². The second-order valence-corrected chi connectivity index (χ2v) is 6.67. The fraction of sp³-hybridized carbons (Fsp3) is 0.294. The molecule has 2 aromatic rings. The minimum Gasteiger partial charge on any atom is -0.352 e. The van der Waals surface area contributed by atoms with Crippen LogP contribution in [-0.2, 0) is 4.79 Å². The number of carbonyl (C=O) groups is 2. The van der Waals surface area contributed by atoms with Gasteiger partial charge in [0.2, 0.25) is 5.91 Å². The third kappa shape index (κ3) is 4.08. The molecule has 2 amide bonds. The van der Waals surface area contributed by atoms with Crippen molar-refractivity contribution in [2.75, 3.05) is 13.1 Å². The van der Waals surface area contributed by atoms with E-state index in [4.69, 9.17) is 23.2 Å². The molecular formula is C17H16Cl2N4O2. The van der Waals surface area contributed by atoms with Gasteiger partial charge in [-0.05, 0) is 24.6 Å². The predicted octanol–water partition coefficient (Wildman–Crippen LogP) is 2.80. The van der Waals surface area contributed by atoms with E-state index in [2.05, 4.69) is 15.3 Å². The molecule has 25 heavy (non-hydrogen) atoms. The molecule has 2 heterocycles. The first-order valence-corrected chi connectivity index (χ1v) is 8.53. The Labute approximate surface area is 155 Å². The SMILES string of the molecule is CC(=O)N[C@H]1CCN(C(=O)c2cc(-c3ccc(Cl)c(Cl)c3)ncn2)C1. The average molecular weight is 379 g/mol. The summed E-state index contributed by atoms with van der Waals surface area (Å²) < 4.78 is 0. The molecular weight excluding hydrogens is 363 g/mol.